The number of allylic oxidation sites excluding steroid dienone is 1. The number of rotatable bonds is 7. The highest BCUT2D eigenvalue weighted by Gasteiger charge is 1.95. The molecule has 0 radical (unpaired) electrons. The highest BCUT2D eigenvalue weighted by Crippen LogP contribution is 2.08. The summed E-state index contributed by atoms with van der Waals surface area (Å²) < 4.78 is 0. The van der Waals surface area contributed by atoms with E-state index in [0.29, 0.717) is 0 Å². The predicted molar refractivity (Wildman–Crippen MR) is 72.0 cm³/mol. The van der Waals surface area contributed by atoms with Crippen molar-refractivity contribution in [1.29, 1.82) is 0 Å². The van der Waals surface area contributed by atoms with Crippen LogP contribution in [0.25, 0.3) is 6.08 Å². The van der Waals surface area contributed by atoms with Gasteiger partial charge in [-0.15, -0.1) is 0 Å². The molecule has 0 heterocycles. The lowest BCUT2D eigenvalue weighted by molar-refractivity contribution is 0.703. The van der Waals surface area contributed by atoms with Gasteiger partial charge < -0.3 is 5.32 Å². The minimum atomic E-state index is 0.851. The minimum Gasteiger partial charge on any atom is -0.385 e. The van der Waals surface area contributed by atoms with Crippen molar-refractivity contribution in [1.82, 2.24) is 5.32 Å². The Morgan fingerprint density at radius 3 is 2.94 bits per heavy atom. The molecule has 1 heteroatoms. The van der Waals surface area contributed by atoms with Gasteiger partial charge in [0, 0.05) is 12.2 Å². The quantitative estimate of drug-likeness (QED) is 0.721. The molecule has 0 fully saturated rings. The van der Waals surface area contributed by atoms with Crippen LogP contribution in [0, 0.1) is 0 Å². The van der Waals surface area contributed by atoms with Crippen LogP contribution in [0.15, 0.2) is 43.1 Å². The molecule has 0 aromatic heterocycles. The maximum Gasteiger partial charge on any atom is 0.0397 e. The molecule has 1 N–H and O–H groups in total. The minimum absolute atomic E-state index is 0.851. The largest absolute Gasteiger partial charge is 0.385 e. The fourth-order valence-electron chi connectivity index (χ4n) is 1.54. The summed E-state index contributed by atoms with van der Waals surface area (Å²) in [5.74, 6) is 0. The van der Waals surface area contributed by atoms with Gasteiger partial charge in [-0.05, 0) is 24.0 Å². The molecule has 0 saturated carbocycles. The van der Waals surface area contributed by atoms with Crippen LogP contribution in [0.5, 0.6) is 0 Å². The van der Waals surface area contributed by atoms with E-state index in [1.165, 1.54) is 24.0 Å². The molecule has 1 nitrogen and oxygen atoms in total. The molecule has 0 aliphatic rings. The zero-order valence-electron chi connectivity index (χ0n) is 10.1. The lowest BCUT2D eigenvalue weighted by Crippen LogP contribution is -2.11. The number of nitrogens with one attached hydrogen (secondary N) is 1. The summed E-state index contributed by atoms with van der Waals surface area (Å²) in [5.41, 5.74) is 3.57. The molecule has 16 heavy (non-hydrogen) atoms. The third-order valence-electron chi connectivity index (χ3n) is 2.56. The Labute approximate surface area is 98.9 Å². The molecular weight excluding hydrogens is 194 g/mol. The summed E-state index contributed by atoms with van der Waals surface area (Å²) in [4.78, 5) is 0. The van der Waals surface area contributed by atoms with E-state index in [4.69, 9.17) is 0 Å². The Morgan fingerprint density at radius 1 is 1.44 bits per heavy atom. The van der Waals surface area contributed by atoms with Crippen molar-refractivity contribution in [2.75, 3.05) is 0 Å². The van der Waals surface area contributed by atoms with Crippen molar-refractivity contribution in [3.63, 3.8) is 0 Å². The lowest BCUT2D eigenvalue weighted by atomic mass is 10.1. The lowest BCUT2D eigenvalue weighted by Gasteiger charge is -2.09. The molecule has 86 valence electrons. The second-order valence-corrected chi connectivity index (χ2v) is 4.01. The molecule has 0 aliphatic carbocycles. The van der Waals surface area contributed by atoms with E-state index in [9.17, 15) is 0 Å². The second kappa shape index (κ2) is 6.89. The van der Waals surface area contributed by atoms with E-state index in [-0.39, 0.29) is 0 Å². The Bertz CT molecular complexity index is 352. The molecule has 1 aromatic carbocycles. The van der Waals surface area contributed by atoms with Gasteiger partial charge in [0.25, 0.3) is 0 Å². The standard InChI is InChI=1S/C15H21N/c1-4-6-8-13(3)16-12-15-10-7-9-14(5-2)11-15/h5,7,9-11,16H,2-4,6,8,12H2,1H3. The van der Waals surface area contributed by atoms with Crippen LogP contribution in [-0.2, 0) is 6.54 Å². The van der Waals surface area contributed by atoms with Gasteiger partial charge in [-0.3, -0.25) is 0 Å². The first kappa shape index (κ1) is 12.6. The fraction of sp³-hybridized carbons (Fsp3) is 0.333. The van der Waals surface area contributed by atoms with E-state index in [1.54, 1.807) is 0 Å². The average molecular weight is 215 g/mol. The summed E-state index contributed by atoms with van der Waals surface area (Å²) in [7, 11) is 0. The van der Waals surface area contributed by atoms with E-state index in [2.05, 4.69) is 49.7 Å². The molecular formula is C15H21N. The zero-order valence-corrected chi connectivity index (χ0v) is 10.1. The summed E-state index contributed by atoms with van der Waals surface area (Å²) in [6, 6.07) is 8.38. The van der Waals surface area contributed by atoms with E-state index >= 15 is 0 Å². The first-order chi connectivity index (χ1) is 7.76. The van der Waals surface area contributed by atoms with Crippen molar-refractivity contribution < 1.29 is 0 Å². The van der Waals surface area contributed by atoms with Gasteiger partial charge in [0.05, 0.1) is 0 Å². The first-order valence-electron chi connectivity index (χ1n) is 5.89. The van der Waals surface area contributed by atoms with Crippen LogP contribution in [0.1, 0.15) is 37.3 Å². The molecule has 0 saturated heterocycles. The Morgan fingerprint density at radius 2 is 2.25 bits per heavy atom. The van der Waals surface area contributed by atoms with Crippen molar-refractivity contribution in [2.45, 2.75) is 32.7 Å². The molecule has 0 aliphatic heterocycles. The second-order valence-electron chi connectivity index (χ2n) is 4.01. The molecule has 1 rings (SSSR count). The van der Waals surface area contributed by atoms with E-state index in [0.717, 1.165) is 18.7 Å². The van der Waals surface area contributed by atoms with Crippen LogP contribution in [0.2, 0.25) is 0 Å². The highest BCUT2D eigenvalue weighted by molar-refractivity contribution is 5.47. The van der Waals surface area contributed by atoms with Gasteiger partial charge in [0.2, 0.25) is 0 Å². The van der Waals surface area contributed by atoms with Crippen LogP contribution in [0.3, 0.4) is 0 Å². The van der Waals surface area contributed by atoms with Gasteiger partial charge in [-0.2, -0.15) is 0 Å². The van der Waals surface area contributed by atoms with Gasteiger partial charge in [0.1, 0.15) is 0 Å². The van der Waals surface area contributed by atoms with Gasteiger partial charge in [-0.25, -0.2) is 0 Å². The topological polar surface area (TPSA) is 12.0 Å². The summed E-state index contributed by atoms with van der Waals surface area (Å²) in [6.07, 6.45) is 5.36. The molecule has 0 spiro atoms. The van der Waals surface area contributed by atoms with Gasteiger partial charge >= 0.3 is 0 Å². The third kappa shape index (κ3) is 4.35. The van der Waals surface area contributed by atoms with Crippen LogP contribution in [0.4, 0.5) is 0 Å². The number of unbranched alkanes of at least 4 members (excludes halogenated alkanes) is 1. The highest BCUT2D eigenvalue weighted by atomic mass is 14.9. The summed E-state index contributed by atoms with van der Waals surface area (Å²) >= 11 is 0. The number of hydrogen-bond donors (Lipinski definition) is 1. The van der Waals surface area contributed by atoms with Gasteiger partial charge in [-0.1, -0.05) is 56.8 Å². The maximum atomic E-state index is 4.02. The monoisotopic (exact) mass is 215 g/mol. The molecule has 0 atom stereocenters. The zero-order chi connectivity index (χ0) is 11.8. The smallest absolute Gasteiger partial charge is 0.0397 e. The number of benzene rings is 1. The summed E-state index contributed by atoms with van der Waals surface area (Å²) in [5, 5.41) is 3.36. The van der Waals surface area contributed by atoms with E-state index < -0.39 is 0 Å². The third-order valence-corrected chi connectivity index (χ3v) is 2.56. The van der Waals surface area contributed by atoms with E-state index in [1.807, 2.05) is 6.08 Å². The van der Waals surface area contributed by atoms with Crippen LogP contribution in [-0.4, -0.2) is 0 Å². The summed E-state index contributed by atoms with van der Waals surface area (Å²) in [6.45, 7) is 10.8. The average Bonchev–Trinajstić information content (AvgIpc) is 2.34. The Kier molecular flexibility index (Phi) is 5.41. The predicted octanol–water partition coefficient (Wildman–Crippen LogP) is 4.12. The fourth-order valence-corrected chi connectivity index (χ4v) is 1.54. The Balaban J connectivity index is 2.41. The SMILES string of the molecule is C=Cc1cccc(CNC(=C)CCCC)c1. The molecule has 0 unspecified atom stereocenters. The van der Waals surface area contributed by atoms with Crippen molar-refractivity contribution >= 4 is 6.08 Å². The van der Waals surface area contributed by atoms with Crippen molar-refractivity contribution in [3.8, 4) is 0 Å². The maximum absolute atomic E-state index is 4.02. The van der Waals surface area contributed by atoms with Gasteiger partial charge in [0.15, 0.2) is 0 Å². The number of hydrogen-bond acceptors (Lipinski definition) is 1. The first-order valence-corrected chi connectivity index (χ1v) is 5.89. The Hall–Kier alpha value is -1.50. The molecule has 0 bridgehead atoms. The van der Waals surface area contributed by atoms with Crippen molar-refractivity contribution in [2.24, 2.45) is 0 Å². The van der Waals surface area contributed by atoms with Crippen molar-refractivity contribution in [3.05, 3.63) is 54.2 Å². The molecule has 1 aromatic rings. The van der Waals surface area contributed by atoms with Crippen LogP contribution >= 0.6 is 0 Å². The van der Waals surface area contributed by atoms with Crippen LogP contribution < -0.4 is 5.32 Å². The normalized spacial score (nSPS) is 9.81. The molecule has 0 amide bonds.